The highest BCUT2D eigenvalue weighted by Crippen LogP contribution is 2.17. The molecule has 0 saturated carbocycles. The largest absolute Gasteiger partial charge is 0.328 e. The molecule has 13 heavy (non-hydrogen) atoms. The van der Waals surface area contributed by atoms with E-state index in [1.54, 1.807) is 0 Å². The number of hydrogen-bond acceptors (Lipinski definition) is 4. The summed E-state index contributed by atoms with van der Waals surface area (Å²) in [4.78, 5) is 0. The van der Waals surface area contributed by atoms with E-state index < -0.39 is 5.79 Å². The van der Waals surface area contributed by atoms with Crippen LogP contribution in [0.25, 0.3) is 0 Å². The first kappa shape index (κ1) is 12.8. The van der Waals surface area contributed by atoms with Gasteiger partial charge in [-0.1, -0.05) is 13.8 Å². The predicted molar refractivity (Wildman–Crippen MR) is 56.5 cm³/mol. The van der Waals surface area contributed by atoms with Gasteiger partial charge in [0, 0.05) is 12.0 Å². The van der Waals surface area contributed by atoms with Gasteiger partial charge in [0.1, 0.15) is 5.79 Å². The molecule has 0 saturated heterocycles. The summed E-state index contributed by atoms with van der Waals surface area (Å²) in [6, 6.07) is 0.218. The Morgan fingerprint density at radius 1 is 1.00 bits per heavy atom. The molecule has 0 aliphatic heterocycles. The second-order valence-electron chi connectivity index (χ2n) is 4.31. The van der Waals surface area contributed by atoms with E-state index in [-0.39, 0.29) is 12.0 Å². The summed E-state index contributed by atoms with van der Waals surface area (Å²) in [7, 11) is 0. The van der Waals surface area contributed by atoms with Gasteiger partial charge in [0.15, 0.2) is 0 Å². The Labute approximate surface area is 81.0 Å². The van der Waals surface area contributed by atoms with E-state index in [1.165, 1.54) is 0 Å². The maximum absolute atomic E-state index is 5.74. The molecule has 3 atom stereocenters. The zero-order valence-electron chi connectivity index (χ0n) is 8.96. The molecule has 0 aromatic heterocycles. The molecule has 0 bridgehead atoms. The molecular weight excluding hydrogens is 164 g/mol. The smallest absolute Gasteiger partial charge is 0.118 e. The van der Waals surface area contributed by atoms with Crippen molar-refractivity contribution in [1.82, 2.24) is 0 Å². The maximum atomic E-state index is 5.74. The first-order valence-electron chi connectivity index (χ1n) is 4.87. The topological polar surface area (TPSA) is 104 Å². The van der Waals surface area contributed by atoms with Crippen LogP contribution in [-0.4, -0.2) is 11.8 Å². The van der Waals surface area contributed by atoms with Crippen LogP contribution in [0, 0.1) is 11.8 Å². The highest BCUT2D eigenvalue weighted by atomic mass is 15.1. The van der Waals surface area contributed by atoms with Crippen molar-refractivity contribution in [2.75, 3.05) is 0 Å². The quantitative estimate of drug-likeness (QED) is 0.453. The summed E-state index contributed by atoms with van der Waals surface area (Å²) in [5.74, 6) is -0.448. The lowest BCUT2D eigenvalue weighted by Gasteiger charge is -2.28. The Hall–Kier alpha value is -0.160. The van der Waals surface area contributed by atoms with E-state index in [1.807, 2.05) is 13.8 Å². The van der Waals surface area contributed by atoms with Crippen molar-refractivity contribution in [2.24, 2.45) is 34.8 Å². The van der Waals surface area contributed by atoms with Gasteiger partial charge in [-0.2, -0.15) is 0 Å². The molecule has 0 aromatic rings. The Morgan fingerprint density at radius 3 is 1.77 bits per heavy atom. The van der Waals surface area contributed by atoms with Crippen LogP contribution in [0.3, 0.4) is 0 Å². The van der Waals surface area contributed by atoms with Crippen LogP contribution < -0.4 is 22.9 Å². The molecule has 0 amide bonds. The van der Waals surface area contributed by atoms with Crippen molar-refractivity contribution in [3.05, 3.63) is 0 Å². The lowest BCUT2D eigenvalue weighted by molar-refractivity contribution is 0.267. The Balaban J connectivity index is 3.77. The zero-order chi connectivity index (χ0) is 10.6. The summed E-state index contributed by atoms with van der Waals surface area (Å²) in [6.45, 7) is 6.10. The standard InChI is InChI=1S/C9H24N4/c1-6(8(3)10)4-5-7(2)9(11,12)13/h6-8H,4-5,10-13H2,1-3H3. The van der Waals surface area contributed by atoms with Gasteiger partial charge in [-0.25, -0.2) is 0 Å². The minimum atomic E-state index is -1.06. The molecule has 4 heteroatoms. The summed E-state index contributed by atoms with van der Waals surface area (Å²) < 4.78 is 0. The molecule has 4 nitrogen and oxygen atoms in total. The first-order valence-corrected chi connectivity index (χ1v) is 4.87. The molecular formula is C9H24N4. The fraction of sp³-hybridized carbons (Fsp3) is 1.00. The van der Waals surface area contributed by atoms with Crippen LogP contribution >= 0.6 is 0 Å². The van der Waals surface area contributed by atoms with E-state index >= 15 is 0 Å². The van der Waals surface area contributed by atoms with Crippen molar-refractivity contribution in [2.45, 2.75) is 45.4 Å². The predicted octanol–water partition coefficient (Wildman–Crippen LogP) is -0.0841. The lowest BCUT2D eigenvalue weighted by atomic mass is 9.91. The molecule has 0 radical (unpaired) electrons. The summed E-state index contributed by atoms with van der Waals surface area (Å²) in [5, 5.41) is 0. The normalized spacial score (nSPS) is 19.6. The fourth-order valence-electron chi connectivity index (χ4n) is 1.03. The van der Waals surface area contributed by atoms with E-state index in [2.05, 4.69) is 6.92 Å². The fourth-order valence-corrected chi connectivity index (χ4v) is 1.03. The van der Waals surface area contributed by atoms with Crippen LogP contribution in [-0.2, 0) is 0 Å². The third-order valence-corrected chi connectivity index (χ3v) is 2.81. The summed E-state index contributed by atoms with van der Waals surface area (Å²) in [5.41, 5.74) is 22.4. The van der Waals surface area contributed by atoms with Crippen molar-refractivity contribution in [3.8, 4) is 0 Å². The van der Waals surface area contributed by atoms with Gasteiger partial charge in [0.25, 0.3) is 0 Å². The van der Waals surface area contributed by atoms with Gasteiger partial charge in [-0.05, 0) is 25.7 Å². The van der Waals surface area contributed by atoms with E-state index in [9.17, 15) is 0 Å². The molecule has 0 aliphatic carbocycles. The zero-order valence-corrected chi connectivity index (χ0v) is 8.96. The lowest BCUT2D eigenvalue weighted by Crippen LogP contribution is -2.62. The number of hydrogen-bond donors (Lipinski definition) is 4. The average molecular weight is 188 g/mol. The molecule has 0 fully saturated rings. The molecule has 0 aromatic carbocycles. The molecule has 8 N–H and O–H groups in total. The monoisotopic (exact) mass is 188 g/mol. The molecule has 80 valence electrons. The third-order valence-electron chi connectivity index (χ3n) is 2.81. The summed E-state index contributed by atoms with van der Waals surface area (Å²) in [6.07, 6.45) is 1.94. The molecule has 0 heterocycles. The van der Waals surface area contributed by atoms with Crippen LogP contribution in [0.4, 0.5) is 0 Å². The van der Waals surface area contributed by atoms with Crippen LogP contribution in [0.15, 0.2) is 0 Å². The van der Waals surface area contributed by atoms with Crippen molar-refractivity contribution in [3.63, 3.8) is 0 Å². The second kappa shape index (κ2) is 4.91. The van der Waals surface area contributed by atoms with Gasteiger partial charge >= 0.3 is 0 Å². The molecule has 0 rings (SSSR count). The molecule has 3 unspecified atom stereocenters. The van der Waals surface area contributed by atoms with Crippen LogP contribution in [0.1, 0.15) is 33.6 Å². The highest BCUT2D eigenvalue weighted by Gasteiger charge is 2.22. The minimum absolute atomic E-state index is 0.119. The maximum Gasteiger partial charge on any atom is 0.118 e. The highest BCUT2D eigenvalue weighted by molar-refractivity contribution is 4.77. The molecule has 0 aliphatic rings. The van der Waals surface area contributed by atoms with E-state index in [0.29, 0.717) is 5.92 Å². The Morgan fingerprint density at radius 2 is 1.46 bits per heavy atom. The third kappa shape index (κ3) is 5.21. The van der Waals surface area contributed by atoms with Gasteiger partial charge in [-0.15, -0.1) is 0 Å². The van der Waals surface area contributed by atoms with Gasteiger partial charge in [0.2, 0.25) is 0 Å². The van der Waals surface area contributed by atoms with Crippen molar-refractivity contribution >= 4 is 0 Å². The number of nitrogens with two attached hydrogens (primary N) is 4. The van der Waals surface area contributed by atoms with Crippen molar-refractivity contribution in [1.29, 1.82) is 0 Å². The van der Waals surface area contributed by atoms with Crippen LogP contribution in [0.2, 0.25) is 0 Å². The summed E-state index contributed by atoms with van der Waals surface area (Å²) >= 11 is 0. The SMILES string of the molecule is CC(N)C(C)CCC(C)C(N)(N)N. The minimum Gasteiger partial charge on any atom is -0.328 e. The number of rotatable bonds is 5. The Kier molecular flexibility index (Phi) is 4.85. The van der Waals surface area contributed by atoms with Gasteiger partial charge < -0.3 is 22.9 Å². The van der Waals surface area contributed by atoms with E-state index in [4.69, 9.17) is 22.9 Å². The first-order chi connectivity index (χ1) is 5.75. The van der Waals surface area contributed by atoms with Crippen molar-refractivity contribution < 1.29 is 0 Å². The van der Waals surface area contributed by atoms with Gasteiger partial charge in [0.05, 0.1) is 0 Å². The Bertz CT molecular complexity index is 139. The van der Waals surface area contributed by atoms with E-state index in [0.717, 1.165) is 12.8 Å². The van der Waals surface area contributed by atoms with Crippen LogP contribution in [0.5, 0.6) is 0 Å². The molecule has 0 spiro atoms. The second-order valence-corrected chi connectivity index (χ2v) is 4.31. The average Bonchev–Trinajstić information content (AvgIpc) is 1.97. The van der Waals surface area contributed by atoms with Gasteiger partial charge in [-0.3, -0.25) is 0 Å².